The fourth-order valence-electron chi connectivity index (χ4n) is 12.2. The number of nitrogens with one attached hydrogen (secondary N) is 11. The zero-order valence-electron chi connectivity index (χ0n) is 59.2. The van der Waals surface area contributed by atoms with E-state index in [2.05, 4.69) is 53.2 Å². The van der Waals surface area contributed by atoms with E-state index in [4.69, 9.17) is 44.8 Å². The number of benzene rings is 4. The van der Waals surface area contributed by atoms with Crippen LogP contribution in [0.15, 0.2) is 78.9 Å². The molecule has 0 saturated carbocycles. The van der Waals surface area contributed by atoms with Gasteiger partial charge in [0.2, 0.25) is 70.9 Å². The Balaban J connectivity index is 0.935. The third kappa shape index (κ3) is 22.9. The lowest BCUT2D eigenvalue weighted by atomic mass is 9.77. The van der Waals surface area contributed by atoms with E-state index in [1.165, 1.54) is 66.4 Å². The number of likely N-dealkylation sites (tertiary alicyclic amines) is 1. The first kappa shape index (κ1) is 84.0. The number of phenols is 2. The molecule has 3 aliphatic heterocycles. The van der Waals surface area contributed by atoms with Crippen molar-refractivity contribution in [3.8, 4) is 23.0 Å². The highest BCUT2D eigenvalue weighted by Crippen LogP contribution is 2.57. The molecule has 1 spiro atoms. The summed E-state index contributed by atoms with van der Waals surface area (Å²) in [6.07, 6.45) is -4.10. The molecule has 1 saturated heterocycles. The normalized spacial score (nSPS) is 15.7. The maximum absolute atomic E-state index is 14.3. The first-order valence-electron chi connectivity index (χ1n) is 34.2. The Hall–Kier alpha value is -12.2. The predicted molar refractivity (Wildman–Crippen MR) is 385 cm³/mol. The summed E-state index contributed by atoms with van der Waals surface area (Å²) in [7, 11) is 0. The number of fused-ring (bicyclic) bond motifs is 6. The van der Waals surface area contributed by atoms with Crippen molar-refractivity contribution in [2.24, 2.45) is 17.4 Å². The third-order valence-electron chi connectivity index (χ3n) is 17.6. The number of esters is 1. The average molecular weight is 1560 g/mol. The number of hydrogen-bond donors (Lipinski definition) is 18. The molecule has 0 aromatic heterocycles. The molecule has 20 N–H and O–H groups in total. The summed E-state index contributed by atoms with van der Waals surface area (Å²) in [5.74, 6) is -18.6. The monoisotopic (exact) mass is 1550 g/mol. The van der Waals surface area contributed by atoms with E-state index < -0.39 is 200 Å². The number of amides is 12. The molecular weight excluding hydrogens is 1470 g/mol. The van der Waals surface area contributed by atoms with Crippen LogP contribution in [0.4, 0.5) is 5.69 Å². The number of aliphatic carboxylic acids is 3. The molecule has 7 rings (SSSR count). The van der Waals surface area contributed by atoms with Crippen LogP contribution in [-0.2, 0) is 88.7 Å². The second-order valence-electron chi connectivity index (χ2n) is 26.2. The van der Waals surface area contributed by atoms with Crippen LogP contribution in [0.5, 0.6) is 23.0 Å². The summed E-state index contributed by atoms with van der Waals surface area (Å²) in [5, 5.41) is 76.8. The first-order valence-corrected chi connectivity index (χ1v) is 34.9. The number of halogens is 1. The van der Waals surface area contributed by atoms with Gasteiger partial charge in [-0.1, -0.05) is 43.6 Å². The summed E-state index contributed by atoms with van der Waals surface area (Å²) >= 11 is 11.6. The lowest BCUT2D eigenvalue weighted by Gasteiger charge is -2.36. The van der Waals surface area contributed by atoms with Gasteiger partial charge in [0.25, 0.3) is 0 Å². The Labute approximate surface area is 631 Å². The van der Waals surface area contributed by atoms with Crippen molar-refractivity contribution in [2.45, 2.75) is 158 Å². The van der Waals surface area contributed by atoms with Crippen molar-refractivity contribution >= 4 is 129 Å². The van der Waals surface area contributed by atoms with Gasteiger partial charge in [-0.3, -0.25) is 71.9 Å². The molecule has 1 fully saturated rings. The number of carbonyl (C=O) groups is 16. The summed E-state index contributed by atoms with van der Waals surface area (Å²) < 4.78 is 12.1. The number of hydrogen-bond acceptors (Lipinski definition) is 21. The van der Waals surface area contributed by atoms with E-state index in [0.29, 0.717) is 40.8 Å². The smallest absolute Gasteiger partial charge is 0.340 e. The Kier molecular flexibility index (Phi) is 29.2. The lowest BCUT2D eigenvalue weighted by molar-refractivity contribution is -0.143. The largest absolute Gasteiger partial charge is 0.508 e. The van der Waals surface area contributed by atoms with Crippen molar-refractivity contribution in [1.82, 2.24) is 58.1 Å². The summed E-state index contributed by atoms with van der Waals surface area (Å²) in [4.78, 5) is 212. The van der Waals surface area contributed by atoms with Gasteiger partial charge in [0.15, 0.2) is 10.7 Å². The molecule has 4 aromatic rings. The molecule has 12 amide bonds. The Morgan fingerprint density at radius 3 is 1.68 bits per heavy atom. The van der Waals surface area contributed by atoms with Gasteiger partial charge in [-0.15, -0.1) is 0 Å². The number of carbonyl (C=O) groups excluding carboxylic acids is 13. The molecule has 3 heterocycles. The molecule has 39 heteroatoms. The number of anilines is 1. The summed E-state index contributed by atoms with van der Waals surface area (Å²) in [6, 6.07) is 4.19. The van der Waals surface area contributed by atoms with E-state index >= 15 is 0 Å². The number of aromatic hydroxyl groups is 2. The van der Waals surface area contributed by atoms with Gasteiger partial charge in [0.05, 0.1) is 31.4 Å². The number of unbranched alkanes of at least 4 members (excludes halogenated alkanes) is 1. The number of nitrogens with two attached hydrogens (primary N) is 2. The van der Waals surface area contributed by atoms with E-state index in [1.807, 2.05) is 5.32 Å². The van der Waals surface area contributed by atoms with Crippen LogP contribution in [0.3, 0.4) is 0 Å². The number of nitrogens with zero attached hydrogens (tertiary/aromatic N) is 1. The Morgan fingerprint density at radius 1 is 0.615 bits per heavy atom. The second kappa shape index (κ2) is 37.8. The molecule has 109 heavy (non-hydrogen) atoms. The number of ether oxygens (including phenoxy) is 2. The van der Waals surface area contributed by atoms with E-state index in [9.17, 15) is 102 Å². The first-order chi connectivity index (χ1) is 51.4. The van der Waals surface area contributed by atoms with Crippen molar-refractivity contribution in [3.63, 3.8) is 0 Å². The van der Waals surface area contributed by atoms with Crippen LogP contribution in [0.2, 0.25) is 5.02 Å². The van der Waals surface area contributed by atoms with Crippen LogP contribution < -0.4 is 74.7 Å². The predicted octanol–water partition coefficient (Wildman–Crippen LogP) is -1.13. The molecule has 0 aliphatic carbocycles. The second-order valence-corrected chi connectivity index (χ2v) is 27.0. The average Bonchev–Trinajstić information content (AvgIpc) is 1.59. The lowest BCUT2D eigenvalue weighted by Crippen LogP contribution is -2.60. The zero-order valence-corrected chi connectivity index (χ0v) is 60.7. The van der Waals surface area contributed by atoms with Gasteiger partial charge in [0.1, 0.15) is 77.4 Å². The van der Waals surface area contributed by atoms with Crippen LogP contribution >= 0.6 is 23.8 Å². The number of carboxylic acids is 3. The highest BCUT2D eigenvalue weighted by atomic mass is 35.5. The van der Waals surface area contributed by atoms with Gasteiger partial charge in [-0.2, -0.15) is 0 Å². The number of rotatable bonds is 37. The number of phenolic OH excluding ortho intramolecular Hbond substituents is 2. The highest BCUT2D eigenvalue weighted by molar-refractivity contribution is 7.80. The number of carboxylic acid groups (broad SMARTS) is 3. The fourth-order valence-corrected chi connectivity index (χ4v) is 12.5. The Bertz CT molecular complexity index is 4190. The van der Waals surface area contributed by atoms with Crippen molar-refractivity contribution in [1.29, 1.82) is 0 Å². The van der Waals surface area contributed by atoms with Crippen LogP contribution in [0.25, 0.3) is 0 Å². The quantitative estimate of drug-likeness (QED) is 0.0144. The standard InChI is InChI=1S/C70H83ClN14O23S/c1-32(2)58(77-34(4)86)67(105)85-23-7-9-50(85)66(104)75-31-54(90)79-45(20-21-53(72)89)61(99)82-46(24-35-10-12-36(71)13-11-35)63(101)84-49(30-57(95)96)65(103)83-47(28-55(91)92)62(100)76-33(3)60(98)81-48(29-56(93)94)64(102)80-44(59(73)97)8-5-6-22-74-69(109)78-37-14-17-41-40(25-37)68(106)108-70(41)42-18-15-38(87)26-51(42)107-52-27-39(88)16-19-43(52)70/h10-19,25-27,32-33,44-50,58,87-88H,5-9,20-24,28-31H2,1-4H3,(H2,72,89)(H2,73,97)(H,75,104)(H,76,100)(H,77,86)(H,79,90)(H,80,102)(H,81,98)(H,82,99)(H,83,103)(H,84,101)(H,91,92)(H,93,94)(H,95,96)(H2,74,78,109)/t33-,44-,45-,46-,47-,48-,49-,50-,58-/m0/s1. The zero-order chi connectivity index (χ0) is 80.3. The molecular formula is C70H83ClN14O23S. The van der Waals surface area contributed by atoms with Crippen LogP contribution in [0.1, 0.15) is 125 Å². The third-order valence-corrected chi connectivity index (χ3v) is 18.1. The highest BCUT2D eigenvalue weighted by Gasteiger charge is 2.54. The van der Waals surface area contributed by atoms with Gasteiger partial charge in [-0.05, 0) is 118 Å². The van der Waals surface area contributed by atoms with E-state index in [1.54, 1.807) is 38.1 Å². The van der Waals surface area contributed by atoms with Crippen LogP contribution in [0, 0.1) is 5.92 Å². The van der Waals surface area contributed by atoms with Crippen molar-refractivity contribution in [3.05, 3.63) is 112 Å². The molecule has 3 aliphatic rings. The molecule has 0 unspecified atom stereocenters. The minimum absolute atomic E-state index is 0.108. The topological polar surface area (TPSA) is 580 Å². The van der Waals surface area contributed by atoms with Gasteiger partial charge >= 0.3 is 23.9 Å². The van der Waals surface area contributed by atoms with Gasteiger partial charge < -0.3 is 110 Å². The van der Waals surface area contributed by atoms with Crippen molar-refractivity contribution < 1.29 is 112 Å². The molecule has 37 nitrogen and oxygen atoms in total. The minimum Gasteiger partial charge on any atom is -0.508 e. The van der Waals surface area contributed by atoms with Gasteiger partial charge in [-0.25, -0.2) is 4.79 Å². The number of thiocarbonyl (C=S) groups is 1. The Morgan fingerprint density at radius 2 is 1.14 bits per heavy atom. The van der Waals surface area contributed by atoms with Crippen LogP contribution in [-0.4, -0.2) is 204 Å². The molecule has 4 aromatic carbocycles. The SMILES string of the molecule is CC(=O)N[C@H](C(=O)N1CCC[C@H]1C(=O)NCC(=O)N[C@@H](CCC(N)=O)C(=O)N[C@@H](Cc1ccc(Cl)cc1)C(=O)N[C@@H](CC(=O)O)C(=O)N[C@@H](CC(=O)O)C(=O)N[C@@H](C)C(=O)N[C@@H](CC(=O)O)C(=O)N[C@@H](CCCCNC(=S)Nc1ccc2c(c1)C(=O)OC21c2ccc(O)cc2Oc2cc(O)ccc21)C(N)=O)C(C)C. The summed E-state index contributed by atoms with van der Waals surface area (Å²) in [6.45, 7) is 5.22. The fraction of sp³-hybridized carbons (Fsp3) is 0.414. The molecule has 584 valence electrons. The molecule has 0 bridgehead atoms. The molecule has 9 atom stereocenters. The minimum atomic E-state index is -2.18. The maximum atomic E-state index is 14.3. The van der Waals surface area contributed by atoms with Crippen molar-refractivity contribution in [2.75, 3.05) is 25.0 Å². The van der Waals surface area contributed by atoms with Gasteiger partial charge in [0, 0.05) is 72.4 Å². The maximum Gasteiger partial charge on any atom is 0.340 e. The summed E-state index contributed by atoms with van der Waals surface area (Å²) in [5.41, 5.74) is 11.6. The van der Waals surface area contributed by atoms with E-state index in [0.717, 1.165) is 6.92 Å². The molecule has 0 radical (unpaired) electrons. The van der Waals surface area contributed by atoms with E-state index in [-0.39, 0.29) is 77.0 Å². The number of primary amides is 2.